The smallest absolute Gasteiger partial charge is 0.226 e. The van der Waals surface area contributed by atoms with Crippen LogP contribution in [-0.4, -0.2) is 17.4 Å². The fraction of sp³-hybridized carbons (Fsp3) is 0.778. The highest BCUT2D eigenvalue weighted by Crippen LogP contribution is 2.47. The molecule has 0 saturated heterocycles. The van der Waals surface area contributed by atoms with Crippen LogP contribution in [0.25, 0.3) is 0 Å². The molecule has 74 valence electrons. The van der Waals surface area contributed by atoms with E-state index in [4.69, 9.17) is 5.73 Å². The summed E-state index contributed by atoms with van der Waals surface area (Å²) in [5.41, 5.74) is 5.65. The molecule has 0 spiro atoms. The number of hydrogen-bond acceptors (Lipinski definition) is 2. The second-order valence-electron chi connectivity index (χ2n) is 3.77. The molecular weight excluding hydrogens is 184 g/mol. The van der Waals surface area contributed by atoms with Crippen molar-refractivity contribution in [2.45, 2.75) is 32.6 Å². The molecule has 1 aliphatic carbocycles. The molecule has 0 unspecified atom stereocenters. The quantitative estimate of drug-likeness (QED) is 0.650. The van der Waals surface area contributed by atoms with Crippen LogP contribution in [0.1, 0.15) is 32.6 Å². The minimum absolute atomic E-state index is 0.0489. The van der Waals surface area contributed by atoms with Crippen LogP contribution < -0.4 is 11.1 Å². The molecule has 0 aromatic carbocycles. The van der Waals surface area contributed by atoms with E-state index in [9.17, 15) is 4.79 Å². The molecule has 4 heteroatoms. The molecule has 1 aliphatic rings. The number of nitrogens with two attached hydrogens (primary N) is 1. The van der Waals surface area contributed by atoms with Crippen LogP contribution in [0.3, 0.4) is 0 Å². The molecule has 0 aliphatic heterocycles. The van der Waals surface area contributed by atoms with Gasteiger partial charge in [-0.25, -0.2) is 0 Å². The third-order valence-electron chi connectivity index (χ3n) is 2.70. The van der Waals surface area contributed by atoms with E-state index < -0.39 is 0 Å². The Morgan fingerprint density at radius 2 is 2.23 bits per heavy atom. The maximum Gasteiger partial charge on any atom is 0.226 e. The lowest BCUT2D eigenvalue weighted by Crippen LogP contribution is -2.32. The monoisotopic (exact) mass is 200 g/mol. The predicted molar refractivity (Wildman–Crippen MR) is 56.4 cm³/mol. The van der Waals surface area contributed by atoms with Crippen LogP contribution in [0.2, 0.25) is 0 Å². The number of rotatable bonds is 5. The van der Waals surface area contributed by atoms with Gasteiger partial charge in [0.15, 0.2) is 0 Å². The van der Waals surface area contributed by atoms with Crippen molar-refractivity contribution in [1.82, 2.24) is 5.32 Å². The molecule has 1 saturated carbocycles. The minimum Gasteiger partial charge on any atom is -0.393 e. The van der Waals surface area contributed by atoms with E-state index in [1.165, 1.54) is 12.8 Å². The number of carbonyl (C=O) groups excluding carboxylic acids is 1. The first-order valence-electron chi connectivity index (χ1n) is 4.63. The molecule has 0 aromatic rings. The summed E-state index contributed by atoms with van der Waals surface area (Å²) in [5.74, 6) is -0.0489. The Balaban J connectivity index is 2.19. The SMILES string of the molecule is CCC1(CNC(=O)CC(N)=S)CC1. The van der Waals surface area contributed by atoms with Gasteiger partial charge in [-0.05, 0) is 24.7 Å². The summed E-state index contributed by atoms with van der Waals surface area (Å²) in [7, 11) is 0. The number of nitrogens with one attached hydrogen (secondary N) is 1. The second-order valence-corrected chi connectivity index (χ2v) is 4.30. The highest BCUT2D eigenvalue weighted by molar-refractivity contribution is 7.80. The van der Waals surface area contributed by atoms with Crippen molar-refractivity contribution < 1.29 is 4.79 Å². The van der Waals surface area contributed by atoms with Crippen LogP contribution >= 0.6 is 12.2 Å². The first-order valence-corrected chi connectivity index (χ1v) is 5.04. The van der Waals surface area contributed by atoms with Crippen LogP contribution in [-0.2, 0) is 4.79 Å². The number of hydrogen-bond donors (Lipinski definition) is 2. The van der Waals surface area contributed by atoms with E-state index in [0.717, 1.165) is 13.0 Å². The fourth-order valence-corrected chi connectivity index (χ4v) is 1.47. The van der Waals surface area contributed by atoms with E-state index in [1.807, 2.05) is 0 Å². The first-order chi connectivity index (χ1) is 6.08. The van der Waals surface area contributed by atoms with Gasteiger partial charge in [-0.3, -0.25) is 4.79 Å². The van der Waals surface area contributed by atoms with Crippen molar-refractivity contribution in [3.8, 4) is 0 Å². The van der Waals surface area contributed by atoms with E-state index in [0.29, 0.717) is 5.41 Å². The second kappa shape index (κ2) is 4.05. The molecule has 0 atom stereocenters. The van der Waals surface area contributed by atoms with Gasteiger partial charge in [0.1, 0.15) is 0 Å². The summed E-state index contributed by atoms with van der Waals surface area (Å²) >= 11 is 4.64. The highest BCUT2D eigenvalue weighted by Gasteiger charge is 2.40. The molecule has 1 fully saturated rings. The maximum atomic E-state index is 11.2. The van der Waals surface area contributed by atoms with Crippen LogP contribution in [0.4, 0.5) is 0 Å². The maximum absolute atomic E-state index is 11.2. The Bertz CT molecular complexity index is 224. The molecule has 1 amide bonds. The summed E-state index contributed by atoms with van der Waals surface area (Å²) in [5, 5.41) is 2.86. The lowest BCUT2D eigenvalue weighted by Gasteiger charge is -2.12. The van der Waals surface area contributed by atoms with Gasteiger partial charge in [-0.1, -0.05) is 19.1 Å². The van der Waals surface area contributed by atoms with Gasteiger partial charge in [0.25, 0.3) is 0 Å². The van der Waals surface area contributed by atoms with Gasteiger partial charge in [0.2, 0.25) is 5.91 Å². The van der Waals surface area contributed by atoms with Crippen molar-refractivity contribution in [2.75, 3.05) is 6.54 Å². The topological polar surface area (TPSA) is 55.1 Å². The summed E-state index contributed by atoms with van der Waals surface area (Å²) < 4.78 is 0. The summed E-state index contributed by atoms with van der Waals surface area (Å²) in [6.45, 7) is 2.94. The van der Waals surface area contributed by atoms with Gasteiger partial charge in [0, 0.05) is 6.54 Å². The molecule has 3 N–H and O–H groups in total. The lowest BCUT2D eigenvalue weighted by molar-refractivity contribution is -0.120. The predicted octanol–water partition coefficient (Wildman–Crippen LogP) is 0.969. The molecular formula is C9H16N2OS. The van der Waals surface area contributed by atoms with Crippen LogP contribution in [0, 0.1) is 5.41 Å². The van der Waals surface area contributed by atoms with E-state index in [-0.39, 0.29) is 17.3 Å². The zero-order valence-corrected chi connectivity index (χ0v) is 8.75. The van der Waals surface area contributed by atoms with Crippen LogP contribution in [0.15, 0.2) is 0 Å². The first kappa shape index (κ1) is 10.4. The van der Waals surface area contributed by atoms with Gasteiger partial charge < -0.3 is 11.1 Å². The highest BCUT2D eigenvalue weighted by atomic mass is 32.1. The Morgan fingerprint density at radius 1 is 1.62 bits per heavy atom. The van der Waals surface area contributed by atoms with Crippen molar-refractivity contribution in [1.29, 1.82) is 0 Å². The zero-order chi connectivity index (χ0) is 9.90. The van der Waals surface area contributed by atoms with Crippen molar-refractivity contribution in [3.05, 3.63) is 0 Å². The lowest BCUT2D eigenvalue weighted by atomic mass is 10.0. The fourth-order valence-electron chi connectivity index (χ4n) is 1.34. The molecule has 0 bridgehead atoms. The average Bonchev–Trinajstić information content (AvgIpc) is 2.80. The third-order valence-corrected chi connectivity index (χ3v) is 2.85. The summed E-state index contributed by atoms with van der Waals surface area (Å²) in [4.78, 5) is 11.4. The van der Waals surface area contributed by atoms with Gasteiger partial charge in [-0.15, -0.1) is 0 Å². The Labute approximate surface area is 84.1 Å². The average molecular weight is 200 g/mol. The Morgan fingerprint density at radius 3 is 2.62 bits per heavy atom. The molecule has 3 nitrogen and oxygen atoms in total. The van der Waals surface area contributed by atoms with Gasteiger partial charge in [0.05, 0.1) is 11.4 Å². The van der Waals surface area contributed by atoms with E-state index >= 15 is 0 Å². The van der Waals surface area contributed by atoms with Gasteiger partial charge >= 0.3 is 0 Å². The zero-order valence-electron chi connectivity index (χ0n) is 7.93. The number of carbonyl (C=O) groups is 1. The molecule has 1 rings (SSSR count). The van der Waals surface area contributed by atoms with E-state index in [2.05, 4.69) is 24.5 Å². The van der Waals surface area contributed by atoms with Crippen LogP contribution in [0.5, 0.6) is 0 Å². The Hall–Kier alpha value is -0.640. The molecule has 0 aromatic heterocycles. The standard InChI is InChI=1S/C9H16N2OS/c1-2-9(3-4-9)6-11-8(12)5-7(10)13/h2-6H2,1H3,(H2,10,13)(H,11,12). The van der Waals surface area contributed by atoms with Crippen molar-refractivity contribution in [3.63, 3.8) is 0 Å². The number of amides is 1. The minimum atomic E-state index is -0.0489. The van der Waals surface area contributed by atoms with Crippen molar-refractivity contribution in [2.24, 2.45) is 11.1 Å². The summed E-state index contributed by atoms with van der Waals surface area (Å²) in [6, 6.07) is 0. The molecule has 13 heavy (non-hydrogen) atoms. The van der Waals surface area contributed by atoms with Gasteiger partial charge in [-0.2, -0.15) is 0 Å². The Kier molecular flexibility index (Phi) is 3.25. The molecule has 0 heterocycles. The van der Waals surface area contributed by atoms with Crippen molar-refractivity contribution >= 4 is 23.1 Å². The largest absolute Gasteiger partial charge is 0.393 e. The third kappa shape index (κ3) is 3.30. The molecule has 0 radical (unpaired) electrons. The normalized spacial score (nSPS) is 17.9. The summed E-state index contributed by atoms with van der Waals surface area (Å²) in [6.07, 6.45) is 3.78. The van der Waals surface area contributed by atoms with E-state index in [1.54, 1.807) is 0 Å². The number of thiocarbonyl (C=S) groups is 1.